The van der Waals surface area contributed by atoms with Crippen LogP contribution in [0.25, 0.3) is 0 Å². The third kappa shape index (κ3) is 1.38. The minimum Gasteiger partial charge on any atom is -0.507 e. The second-order valence-corrected chi connectivity index (χ2v) is 3.47. The van der Waals surface area contributed by atoms with Crippen LogP contribution in [-0.4, -0.2) is 18.3 Å². The van der Waals surface area contributed by atoms with Crippen molar-refractivity contribution in [3.8, 4) is 17.2 Å². The van der Waals surface area contributed by atoms with Gasteiger partial charge in [0.1, 0.15) is 19.0 Å². The number of rotatable bonds is 1. The zero-order valence-electron chi connectivity index (χ0n) is 7.84. The van der Waals surface area contributed by atoms with Gasteiger partial charge in [0.2, 0.25) is 0 Å². The molecule has 1 aromatic rings. The van der Waals surface area contributed by atoms with E-state index in [0.29, 0.717) is 36.2 Å². The van der Waals surface area contributed by atoms with Crippen LogP contribution in [0.15, 0.2) is 6.07 Å². The summed E-state index contributed by atoms with van der Waals surface area (Å²) in [6, 6.07) is 1.49. The number of phenols is 1. The van der Waals surface area contributed by atoms with E-state index in [-0.39, 0.29) is 5.75 Å². The standard InChI is InChI=1S/C10H11ClO3/c1-2-6-8(12)5-7(11)10-9(6)13-3-4-14-10/h5,12H,2-4H2,1H3. The highest BCUT2D eigenvalue weighted by molar-refractivity contribution is 6.32. The highest BCUT2D eigenvalue weighted by atomic mass is 35.5. The molecule has 0 amide bonds. The lowest BCUT2D eigenvalue weighted by Gasteiger charge is -2.22. The largest absolute Gasteiger partial charge is 0.507 e. The average Bonchev–Trinajstić information content (AvgIpc) is 2.18. The van der Waals surface area contributed by atoms with Gasteiger partial charge in [-0.3, -0.25) is 0 Å². The highest BCUT2D eigenvalue weighted by Crippen LogP contribution is 2.44. The molecule has 14 heavy (non-hydrogen) atoms. The number of fused-ring (bicyclic) bond motifs is 1. The third-order valence-corrected chi connectivity index (χ3v) is 2.48. The van der Waals surface area contributed by atoms with Crippen molar-refractivity contribution in [3.63, 3.8) is 0 Å². The van der Waals surface area contributed by atoms with Gasteiger partial charge in [-0.2, -0.15) is 0 Å². The predicted octanol–water partition coefficient (Wildman–Crippen LogP) is 2.38. The first-order valence-corrected chi connectivity index (χ1v) is 4.91. The Bertz CT molecular complexity index is 343. The van der Waals surface area contributed by atoms with Crippen LogP contribution in [0.4, 0.5) is 0 Å². The molecule has 1 aliphatic rings. The Morgan fingerprint density at radius 3 is 2.64 bits per heavy atom. The molecule has 0 aromatic heterocycles. The van der Waals surface area contributed by atoms with E-state index >= 15 is 0 Å². The van der Waals surface area contributed by atoms with Gasteiger partial charge in [-0.25, -0.2) is 0 Å². The molecule has 0 spiro atoms. The average molecular weight is 215 g/mol. The summed E-state index contributed by atoms with van der Waals surface area (Å²) in [6.07, 6.45) is 0.689. The molecule has 0 radical (unpaired) electrons. The van der Waals surface area contributed by atoms with Crippen molar-refractivity contribution in [1.82, 2.24) is 0 Å². The molecule has 0 fully saturated rings. The van der Waals surface area contributed by atoms with Crippen molar-refractivity contribution < 1.29 is 14.6 Å². The fourth-order valence-corrected chi connectivity index (χ4v) is 1.79. The molecule has 2 rings (SSSR count). The molecular formula is C10H11ClO3. The first-order chi connectivity index (χ1) is 6.74. The number of hydrogen-bond donors (Lipinski definition) is 1. The molecule has 1 aromatic carbocycles. The van der Waals surface area contributed by atoms with E-state index in [1.807, 2.05) is 6.92 Å². The summed E-state index contributed by atoms with van der Waals surface area (Å²) in [5.74, 6) is 1.30. The van der Waals surface area contributed by atoms with Gasteiger partial charge in [-0.15, -0.1) is 0 Å². The number of ether oxygens (including phenoxy) is 2. The van der Waals surface area contributed by atoms with E-state index in [2.05, 4.69) is 0 Å². The Hall–Kier alpha value is -1.09. The molecule has 3 nitrogen and oxygen atoms in total. The summed E-state index contributed by atoms with van der Waals surface area (Å²) in [4.78, 5) is 0. The minimum atomic E-state index is 0.168. The lowest BCUT2D eigenvalue weighted by atomic mass is 10.1. The van der Waals surface area contributed by atoms with Gasteiger partial charge in [-0.05, 0) is 6.42 Å². The Labute approximate surface area is 87.2 Å². The van der Waals surface area contributed by atoms with Crippen LogP contribution in [0.5, 0.6) is 17.2 Å². The van der Waals surface area contributed by atoms with E-state index in [0.717, 1.165) is 5.56 Å². The summed E-state index contributed by atoms with van der Waals surface area (Å²) in [6.45, 7) is 2.95. The summed E-state index contributed by atoms with van der Waals surface area (Å²) in [5, 5.41) is 10.0. The van der Waals surface area contributed by atoms with E-state index in [4.69, 9.17) is 21.1 Å². The van der Waals surface area contributed by atoms with Crippen molar-refractivity contribution in [2.45, 2.75) is 13.3 Å². The molecule has 1 N–H and O–H groups in total. The molecule has 0 bridgehead atoms. The highest BCUT2D eigenvalue weighted by Gasteiger charge is 2.21. The van der Waals surface area contributed by atoms with Gasteiger partial charge in [0.25, 0.3) is 0 Å². The van der Waals surface area contributed by atoms with Crippen LogP contribution in [0.1, 0.15) is 12.5 Å². The maximum atomic E-state index is 9.63. The molecule has 0 saturated carbocycles. The normalized spacial score (nSPS) is 14.1. The Balaban J connectivity index is 2.61. The van der Waals surface area contributed by atoms with Crippen molar-refractivity contribution in [1.29, 1.82) is 0 Å². The molecule has 0 saturated heterocycles. The number of halogens is 1. The maximum Gasteiger partial charge on any atom is 0.180 e. The van der Waals surface area contributed by atoms with Gasteiger partial charge in [-0.1, -0.05) is 18.5 Å². The number of aromatic hydroxyl groups is 1. The molecular weight excluding hydrogens is 204 g/mol. The van der Waals surface area contributed by atoms with Crippen LogP contribution in [0, 0.1) is 0 Å². The van der Waals surface area contributed by atoms with Crippen molar-refractivity contribution >= 4 is 11.6 Å². The fourth-order valence-electron chi connectivity index (χ4n) is 1.55. The van der Waals surface area contributed by atoms with Crippen LogP contribution in [0.2, 0.25) is 5.02 Å². The SMILES string of the molecule is CCc1c(O)cc(Cl)c2c1OCCO2. The van der Waals surface area contributed by atoms with Gasteiger partial charge in [0.05, 0.1) is 5.02 Å². The maximum absolute atomic E-state index is 9.63. The third-order valence-electron chi connectivity index (χ3n) is 2.20. The second kappa shape index (κ2) is 3.58. The van der Waals surface area contributed by atoms with Gasteiger partial charge >= 0.3 is 0 Å². The van der Waals surface area contributed by atoms with Crippen molar-refractivity contribution in [2.24, 2.45) is 0 Å². The minimum absolute atomic E-state index is 0.168. The lowest BCUT2D eigenvalue weighted by Crippen LogP contribution is -2.16. The van der Waals surface area contributed by atoms with Crippen LogP contribution in [0.3, 0.4) is 0 Å². The first-order valence-electron chi connectivity index (χ1n) is 4.54. The topological polar surface area (TPSA) is 38.7 Å². The number of benzene rings is 1. The van der Waals surface area contributed by atoms with E-state index in [9.17, 15) is 5.11 Å². The quantitative estimate of drug-likeness (QED) is 0.780. The Kier molecular flexibility index (Phi) is 2.42. The van der Waals surface area contributed by atoms with E-state index in [1.54, 1.807) is 0 Å². The summed E-state index contributed by atoms with van der Waals surface area (Å²) < 4.78 is 10.8. The first kappa shape index (κ1) is 9.46. The molecule has 76 valence electrons. The van der Waals surface area contributed by atoms with E-state index < -0.39 is 0 Å². The summed E-state index contributed by atoms with van der Waals surface area (Å²) in [7, 11) is 0. The fraction of sp³-hybridized carbons (Fsp3) is 0.400. The molecule has 0 unspecified atom stereocenters. The smallest absolute Gasteiger partial charge is 0.180 e. The Morgan fingerprint density at radius 1 is 1.36 bits per heavy atom. The Morgan fingerprint density at radius 2 is 2.00 bits per heavy atom. The van der Waals surface area contributed by atoms with E-state index in [1.165, 1.54) is 6.07 Å². The predicted molar refractivity (Wildman–Crippen MR) is 53.5 cm³/mol. The molecule has 0 atom stereocenters. The van der Waals surface area contributed by atoms with Crippen molar-refractivity contribution in [2.75, 3.05) is 13.2 Å². The second-order valence-electron chi connectivity index (χ2n) is 3.06. The zero-order chi connectivity index (χ0) is 10.1. The van der Waals surface area contributed by atoms with Crippen LogP contribution in [-0.2, 0) is 6.42 Å². The van der Waals surface area contributed by atoms with Gasteiger partial charge in [0, 0.05) is 11.6 Å². The molecule has 0 aliphatic carbocycles. The summed E-state index contributed by atoms with van der Waals surface area (Å²) >= 11 is 5.91. The van der Waals surface area contributed by atoms with Gasteiger partial charge < -0.3 is 14.6 Å². The monoisotopic (exact) mass is 214 g/mol. The summed E-state index contributed by atoms with van der Waals surface area (Å²) in [5.41, 5.74) is 0.754. The molecule has 4 heteroatoms. The lowest BCUT2D eigenvalue weighted by molar-refractivity contribution is 0.169. The van der Waals surface area contributed by atoms with Crippen molar-refractivity contribution in [3.05, 3.63) is 16.7 Å². The number of hydrogen-bond acceptors (Lipinski definition) is 3. The molecule has 1 aliphatic heterocycles. The zero-order valence-corrected chi connectivity index (χ0v) is 8.60. The number of phenolic OH excluding ortho intramolecular Hbond substituents is 1. The van der Waals surface area contributed by atoms with Gasteiger partial charge in [0.15, 0.2) is 11.5 Å². The van der Waals surface area contributed by atoms with Crippen LogP contribution < -0.4 is 9.47 Å². The van der Waals surface area contributed by atoms with Crippen LogP contribution >= 0.6 is 11.6 Å². The molecule has 1 heterocycles.